The van der Waals surface area contributed by atoms with Crippen LogP contribution in [0.4, 0.5) is 0 Å². The molecule has 1 aromatic heterocycles. The standard InChI is InChI=1S/C22H23N5OS/c1-2-3-14-23-22(29)27-26-21(28)20-24-18(16-10-6-4-7-11-16)15-19(25-20)17-12-8-5-9-13-17/h4-13,15H,2-3,14H2,1H3,(H,26,28)(H2,23,27,29). The van der Waals surface area contributed by atoms with Gasteiger partial charge in [0.05, 0.1) is 11.4 Å². The number of nitrogens with one attached hydrogen (secondary N) is 3. The molecule has 2 aromatic carbocycles. The smallest absolute Gasteiger partial charge is 0.307 e. The van der Waals surface area contributed by atoms with Crippen molar-refractivity contribution in [3.05, 3.63) is 72.6 Å². The highest BCUT2D eigenvalue weighted by Gasteiger charge is 2.14. The molecule has 7 heteroatoms. The third-order valence-corrected chi connectivity index (χ3v) is 4.42. The Hall–Kier alpha value is -3.32. The van der Waals surface area contributed by atoms with E-state index in [4.69, 9.17) is 12.2 Å². The molecule has 29 heavy (non-hydrogen) atoms. The molecular formula is C22H23N5OS. The van der Waals surface area contributed by atoms with E-state index in [-0.39, 0.29) is 5.82 Å². The van der Waals surface area contributed by atoms with Crippen LogP contribution < -0.4 is 16.2 Å². The van der Waals surface area contributed by atoms with Crippen molar-refractivity contribution in [2.24, 2.45) is 0 Å². The van der Waals surface area contributed by atoms with Gasteiger partial charge in [-0.25, -0.2) is 9.97 Å². The quantitative estimate of drug-likeness (QED) is 0.330. The van der Waals surface area contributed by atoms with E-state index in [0.29, 0.717) is 16.5 Å². The number of benzene rings is 2. The molecule has 3 N–H and O–H groups in total. The highest BCUT2D eigenvalue weighted by Crippen LogP contribution is 2.23. The summed E-state index contributed by atoms with van der Waals surface area (Å²) >= 11 is 5.16. The molecule has 3 aromatic rings. The number of hydrazine groups is 1. The Morgan fingerprint density at radius 2 is 1.45 bits per heavy atom. The minimum Gasteiger partial charge on any atom is -0.361 e. The molecule has 0 radical (unpaired) electrons. The molecule has 0 aliphatic carbocycles. The summed E-state index contributed by atoms with van der Waals surface area (Å²) in [5.74, 6) is -0.395. The van der Waals surface area contributed by atoms with Gasteiger partial charge >= 0.3 is 5.91 Å². The fraction of sp³-hybridized carbons (Fsp3) is 0.182. The topological polar surface area (TPSA) is 78.9 Å². The highest BCUT2D eigenvalue weighted by atomic mass is 32.1. The van der Waals surface area contributed by atoms with Crippen molar-refractivity contribution in [3.63, 3.8) is 0 Å². The Kier molecular flexibility index (Phi) is 7.24. The molecule has 0 aliphatic heterocycles. The molecule has 0 spiro atoms. The van der Waals surface area contributed by atoms with Crippen LogP contribution in [0.15, 0.2) is 66.7 Å². The van der Waals surface area contributed by atoms with Gasteiger partial charge in [0.15, 0.2) is 5.11 Å². The van der Waals surface area contributed by atoms with Crippen LogP contribution >= 0.6 is 12.2 Å². The van der Waals surface area contributed by atoms with Crippen LogP contribution in [0.25, 0.3) is 22.5 Å². The van der Waals surface area contributed by atoms with E-state index in [2.05, 4.69) is 33.1 Å². The first kappa shape index (κ1) is 20.4. The molecule has 148 valence electrons. The zero-order valence-corrected chi connectivity index (χ0v) is 17.0. The predicted molar refractivity (Wildman–Crippen MR) is 119 cm³/mol. The second-order valence-corrected chi connectivity index (χ2v) is 6.79. The third-order valence-electron chi connectivity index (χ3n) is 4.17. The first-order chi connectivity index (χ1) is 14.2. The van der Waals surface area contributed by atoms with E-state index in [1.807, 2.05) is 66.7 Å². The average Bonchev–Trinajstić information content (AvgIpc) is 2.78. The van der Waals surface area contributed by atoms with Crippen LogP contribution in [0.1, 0.15) is 30.4 Å². The monoisotopic (exact) mass is 405 g/mol. The van der Waals surface area contributed by atoms with Gasteiger partial charge in [-0.15, -0.1) is 0 Å². The summed E-state index contributed by atoms with van der Waals surface area (Å²) in [6.45, 7) is 2.84. The molecule has 0 fully saturated rings. The van der Waals surface area contributed by atoms with Gasteiger partial charge in [0.1, 0.15) is 0 Å². The Balaban J connectivity index is 1.83. The van der Waals surface area contributed by atoms with Crippen LogP contribution in [0.3, 0.4) is 0 Å². The number of thiocarbonyl (C=S) groups is 1. The van der Waals surface area contributed by atoms with E-state index >= 15 is 0 Å². The molecule has 0 saturated heterocycles. The van der Waals surface area contributed by atoms with Gasteiger partial charge in [0.25, 0.3) is 0 Å². The third kappa shape index (κ3) is 5.83. The van der Waals surface area contributed by atoms with Gasteiger partial charge in [0, 0.05) is 17.7 Å². The lowest BCUT2D eigenvalue weighted by Crippen LogP contribution is -2.47. The minimum absolute atomic E-state index is 0.0639. The summed E-state index contributed by atoms with van der Waals surface area (Å²) in [6.07, 6.45) is 2.06. The summed E-state index contributed by atoms with van der Waals surface area (Å²) in [6, 6.07) is 21.3. The molecule has 3 rings (SSSR count). The van der Waals surface area contributed by atoms with E-state index in [0.717, 1.165) is 30.5 Å². The number of hydrogen-bond acceptors (Lipinski definition) is 4. The van der Waals surface area contributed by atoms with Gasteiger partial charge < -0.3 is 5.32 Å². The molecule has 0 saturated carbocycles. The van der Waals surface area contributed by atoms with Gasteiger partial charge in [-0.05, 0) is 24.7 Å². The van der Waals surface area contributed by atoms with Gasteiger partial charge in [0.2, 0.25) is 5.82 Å². The lowest BCUT2D eigenvalue weighted by Gasteiger charge is -2.12. The maximum Gasteiger partial charge on any atom is 0.307 e. The first-order valence-corrected chi connectivity index (χ1v) is 9.92. The maximum atomic E-state index is 12.7. The summed E-state index contributed by atoms with van der Waals surface area (Å²) < 4.78 is 0. The SMILES string of the molecule is CCCCNC(=S)NNC(=O)c1nc(-c2ccccc2)cc(-c2ccccc2)n1. The number of hydrogen-bond donors (Lipinski definition) is 3. The molecular weight excluding hydrogens is 382 g/mol. The fourth-order valence-corrected chi connectivity index (χ4v) is 2.81. The largest absolute Gasteiger partial charge is 0.361 e. The van der Waals surface area contributed by atoms with Crippen LogP contribution in [-0.2, 0) is 0 Å². The first-order valence-electron chi connectivity index (χ1n) is 9.51. The van der Waals surface area contributed by atoms with Gasteiger partial charge in [-0.1, -0.05) is 74.0 Å². The Bertz CT molecular complexity index is 906. The van der Waals surface area contributed by atoms with Crippen LogP contribution in [0, 0.1) is 0 Å². The lowest BCUT2D eigenvalue weighted by atomic mass is 10.1. The number of rotatable bonds is 6. The minimum atomic E-state index is -0.459. The summed E-state index contributed by atoms with van der Waals surface area (Å²) in [5, 5.41) is 3.39. The van der Waals surface area contributed by atoms with E-state index in [1.165, 1.54) is 0 Å². The molecule has 0 atom stereocenters. The summed E-state index contributed by atoms with van der Waals surface area (Å²) in [4.78, 5) is 21.6. The number of aromatic nitrogens is 2. The lowest BCUT2D eigenvalue weighted by molar-refractivity contribution is 0.0933. The Morgan fingerprint density at radius 1 is 0.897 bits per heavy atom. The van der Waals surface area contributed by atoms with E-state index in [9.17, 15) is 4.79 Å². The Morgan fingerprint density at radius 3 is 1.97 bits per heavy atom. The van der Waals surface area contributed by atoms with Crippen molar-refractivity contribution < 1.29 is 4.79 Å². The highest BCUT2D eigenvalue weighted by molar-refractivity contribution is 7.80. The summed E-state index contributed by atoms with van der Waals surface area (Å²) in [7, 11) is 0. The molecule has 1 heterocycles. The van der Waals surface area contributed by atoms with Crippen molar-refractivity contribution >= 4 is 23.2 Å². The maximum absolute atomic E-state index is 12.7. The number of amides is 1. The number of nitrogens with zero attached hydrogens (tertiary/aromatic N) is 2. The zero-order valence-electron chi connectivity index (χ0n) is 16.2. The average molecular weight is 406 g/mol. The number of carbonyl (C=O) groups excluding carboxylic acids is 1. The van der Waals surface area contributed by atoms with Crippen molar-refractivity contribution in [2.75, 3.05) is 6.54 Å². The van der Waals surface area contributed by atoms with Crippen molar-refractivity contribution in [3.8, 4) is 22.5 Å². The molecule has 1 amide bonds. The molecule has 0 bridgehead atoms. The molecule has 0 aliphatic rings. The summed E-state index contributed by atoms with van der Waals surface area (Å²) in [5.41, 5.74) is 8.43. The zero-order chi connectivity index (χ0) is 20.5. The normalized spacial score (nSPS) is 10.2. The van der Waals surface area contributed by atoms with Crippen LogP contribution in [-0.4, -0.2) is 27.5 Å². The van der Waals surface area contributed by atoms with Gasteiger partial charge in [-0.3, -0.25) is 15.6 Å². The number of unbranched alkanes of at least 4 members (excludes halogenated alkanes) is 1. The van der Waals surface area contributed by atoms with Gasteiger partial charge in [-0.2, -0.15) is 0 Å². The van der Waals surface area contributed by atoms with Crippen LogP contribution in [0.2, 0.25) is 0 Å². The van der Waals surface area contributed by atoms with Crippen molar-refractivity contribution in [1.82, 2.24) is 26.1 Å². The van der Waals surface area contributed by atoms with Crippen molar-refractivity contribution in [1.29, 1.82) is 0 Å². The fourth-order valence-electron chi connectivity index (χ4n) is 2.65. The second-order valence-electron chi connectivity index (χ2n) is 6.38. The van der Waals surface area contributed by atoms with Crippen molar-refractivity contribution in [2.45, 2.75) is 19.8 Å². The van der Waals surface area contributed by atoms with E-state index in [1.54, 1.807) is 0 Å². The molecule has 0 unspecified atom stereocenters. The Labute approximate surface area is 175 Å². The van der Waals surface area contributed by atoms with Crippen LogP contribution in [0.5, 0.6) is 0 Å². The predicted octanol–water partition coefficient (Wildman–Crippen LogP) is 3.72. The number of carbonyl (C=O) groups is 1. The molecule has 6 nitrogen and oxygen atoms in total. The van der Waals surface area contributed by atoms with E-state index < -0.39 is 5.91 Å². The second kappa shape index (κ2) is 10.3.